The van der Waals surface area contributed by atoms with E-state index < -0.39 is 0 Å². The number of halogens is 2. The predicted octanol–water partition coefficient (Wildman–Crippen LogP) is 2.82. The number of hydrogen-bond donors (Lipinski definition) is 0. The maximum atomic E-state index is 5.87. The van der Waals surface area contributed by atoms with Crippen LogP contribution in [0.15, 0.2) is 16.4 Å². The van der Waals surface area contributed by atoms with E-state index in [9.17, 15) is 0 Å². The molecular weight excluding hydrogens is 248 g/mol. The van der Waals surface area contributed by atoms with Crippen LogP contribution < -0.4 is 4.42 Å². The Morgan fingerprint density at radius 3 is 3.27 bits per heavy atom. The quantitative estimate of drug-likeness (QED) is 0.648. The van der Waals surface area contributed by atoms with E-state index in [0.29, 0.717) is 6.67 Å². The van der Waals surface area contributed by atoms with Gasteiger partial charge in [0.1, 0.15) is 11.3 Å². The summed E-state index contributed by atoms with van der Waals surface area (Å²) in [7, 11) is 0. The zero-order chi connectivity index (χ0) is 7.84. The van der Waals surface area contributed by atoms with Gasteiger partial charge in [0.15, 0.2) is 0 Å². The summed E-state index contributed by atoms with van der Waals surface area (Å²) in [5, 5.41) is 2.00. The molecule has 0 spiro atoms. The molecule has 0 radical (unpaired) electrons. The third-order valence-electron chi connectivity index (χ3n) is 1.43. The minimum Gasteiger partial charge on any atom is -0.262 e. The van der Waals surface area contributed by atoms with Gasteiger partial charge < -0.3 is 0 Å². The Labute approximate surface area is 81.7 Å². The molecule has 11 heavy (non-hydrogen) atoms. The molecule has 0 saturated carbocycles. The molecule has 2 nitrogen and oxygen atoms in total. The number of thiophene rings is 1. The van der Waals surface area contributed by atoms with Gasteiger partial charge in [-0.3, -0.25) is 9.41 Å². The van der Waals surface area contributed by atoms with Crippen molar-refractivity contribution >= 4 is 49.4 Å². The average Bonchev–Trinajstić information content (AvgIpc) is 2.45. The van der Waals surface area contributed by atoms with Gasteiger partial charge in [0.05, 0.1) is 10.6 Å². The maximum absolute atomic E-state index is 5.87. The van der Waals surface area contributed by atoms with Crippen LogP contribution in [-0.4, -0.2) is 11.3 Å². The van der Waals surface area contributed by atoms with Crippen LogP contribution >= 0.6 is 39.0 Å². The number of nitrogens with zero attached hydrogens (tertiary/aromatic N) is 2. The van der Waals surface area contributed by atoms with Gasteiger partial charge in [-0.05, 0) is 27.4 Å². The fourth-order valence-corrected chi connectivity index (χ4v) is 2.55. The second-order valence-corrected chi connectivity index (χ2v) is 4.16. The Bertz CT molecular complexity index is 309. The summed E-state index contributed by atoms with van der Waals surface area (Å²) < 4.78 is 2.51. The molecular formula is C6H4BrClN2S. The first-order chi connectivity index (χ1) is 5.29. The molecule has 0 aromatic carbocycles. The van der Waals surface area contributed by atoms with E-state index in [2.05, 4.69) is 20.9 Å². The molecule has 1 aromatic heterocycles. The lowest BCUT2D eigenvalue weighted by molar-refractivity contribution is 1.04. The highest BCUT2D eigenvalue weighted by Crippen LogP contribution is 2.32. The average molecular weight is 252 g/mol. The van der Waals surface area contributed by atoms with Gasteiger partial charge in [-0.1, -0.05) is 0 Å². The van der Waals surface area contributed by atoms with Crippen LogP contribution in [-0.2, 0) is 0 Å². The van der Waals surface area contributed by atoms with Crippen molar-refractivity contribution in [1.29, 1.82) is 0 Å². The molecule has 1 aliphatic rings. The fraction of sp³-hybridized carbons (Fsp3) is 0.167. The molecule has 2 heterocycles. The summed E-state index contributed by atoms with van der Waals surface area (Å²) in [5.41, 5.74) is 1.04. The molecule has 5 heteroatoms. The van der Waals surface area contributed by atoms with Gasteiger partial charge >= 0.3 is 0 Å². The van der Waals surface area contributed by atoms with Gasteiger partial charge in [-0.2, -0.15) is 0 Å². The first kappa shape index (κ1) is 7.58. The van der Waals surface area contributed by atoms with Crippen LogP contribution in [0.1, 0.15) is 4.88 Å². The van der Waals surface area contributed by atoms with Crippen LogP contribution in [0.5, 0.6) is 0 Å². The molecule has 0 aliphatic carbocycles. The van der Waals surface area contributed by atoms with Crippen LogP contribution in [0.25, 0.3) is 0 Å². The van der Waals surface area contributed by atoms with Crippen LogP contribution in [0.3, 0.4) is 0 Å². The lowest BCUT2D eigenvalue weighted by Gasteiger charge is -2.17. The second kappa shape index (κ2) is 2.77. The lowest BCUT2D eigenvalue weighted by Crippen LogP contribution is -2.16. The van der Waals surface area contributed by atoms with Gasteiger partial charge in [0.2, 0.25) is 0 Å². The van der Waals surface area contributed by atoms with E-state index >= 15 is 0 Å². The van der Waals surface area contributed by atoms with Crippen molar-refractivity contribution < 1.29 is 0 Å². The maximum Gasteiger partial charge on any atom is 0.127 e. The second-order valence-electron chi connectivity index (χ2n) is 2.09. The monoisotopic (exact) mass is 250 g/mol. The van der Waals surface area contributed by atoms with Crippen molar-refractivity contribution in [2.24, 2.45) is 4.99 Å². The SMILES string of the molecule is ClN1CN=C(Br)c2sccc21. The molecule has 0 amide bonds. The molecule has 1 aliphatic heterocycles. The molecule has 0 N–H and O–H groups in total. The van der Waals surface area contributed by atoms with E-state index in [4.69, 9.17) is 11.8 Å². The van der Waals surface area contributed by atoms with Gasteiger partial charge in [-0.15, -0.1) is 11.3 Å². The largest absolute Gasteiger partial charge is 0.262 e. The molecule has 0 fully saturated rings. The van der Waals surface area contributed by atoms with Crippen molar-refractivity contribution in [3.63, 3.8) is 0 Å². The lowest BCUT2D eigenvalue weighted by atomic mass is 10.4. The van der Waals surface area contributed by atoms with Crippen molar-refractivity contribution in [2.45, 2.75) is 0 Å². The Kier molecular flexibility index (Phi) is 1.91. The Morgan fingerprint density at radius 1 is 1.73 bits per heavy atom. The fourth-order valence-electron chi connectivity index (χ4n) is 0.920. The van der Waals surface area contributed by atoms with Gasteiger partial charge in [-0.25, -0.2) is 0 Å². The van der Waals surface area contributed by atoms with E-state index in [0.717, 1.165) is 15.2 Å². The summed E-state index contributed by atoms with van der Waals surface area (Å²) in [6.07, 6.45) is 0. The zero-order valence-electron chi connectivity index (χ0n) is 5.42. The van der Waals surface area contributed by atoms with Gasteiger partial charge in [0.25, 0.3) is 0 Å². The van der Waals surface area contributed by atoms with E-state index in [1.165, 1.54) is 0 Å². The third-order valence-corrected chi connectivity index (χ3v) is 3.54. The Hall–Kier alpha value is -0.0600. The highest BCUT2D eigenvalue weighted by atomic mass is 79.9. The molecule has 0 atom stereocenters. The molecule has 1 aromatic rings. The van der Waals surface area contributed by atoms with Crippen LogP contribution in [0.4, 0.5) is 5.69 Å². The normalized spacial score (nSPS) is 16.2. The minimum atomic E-state index is 0.520. The number of aliphatic imine (C=N–C) groups is 1. The van der Waals surface area contributed by atoms with Crippen molar-refractivity contribution in [1.82, 2.24) is 0 Å². The predicted molar refractivity (Wildman–Crippen MR) is 53.0 cm³/mol. The summed E-state index contributed by atoms with van der Waals surface area (Å²) >= 11 is 10.9. The molecule has 0 unspecified atom stereocenters. The highest BCUT2D eigenvalue weighted by Gasteiger charge is 2.17. The first-order valence-electron chi connectivity index (χ1n) is 3.00. The summed E-state index contributed by atoms with van der Waals surface area (Å²) in [6, 6.07) is 1.99. The van der Waals surface area contributed by atoms with E-state index in [-0.39, 0.29) is 0 Å². The zero-order valence-corrected chi connectivity index (χ0v) is 8.58. The summed E-state index contributed by atoms with van der Waals surface area (Å²) in [5.74, 6) is 0. The minimum absolute atomic E-state index is 0.520. The molecule has 0 bridgehead atoms. The highest BCUT2D eigenvalue weighted by molar-refractivity contribution is 9.18. The summed E-state index contributed by atoms with van der Waals surface area (Å²) in [6.45, 7) is 0.520. The number of fused-ring (bicyclic) bond motifs is 1. The van der Waals surface area contributed by atoms with E-state index in [1.54, 1.807) is 15.8 Å². The van der Waals surface area contributed by atoms with Crippen molar-refractivity contribution in [3.05, 3.63) is 16.3 Å². The standard InChI is InChI=1S/C6H4BrClN2S/c7-6-5-4(1-2-11-5)10(8)3-9-6/h1-2H,3H2. The molecule has 58 valence electrons. The topological polar surface area (TPSA) is 15.6 Å². The van der Waals surface area contributed by atoms with Crippen LogP contribution in [0.2, 0.25) is 0 Å². The van der Waals surface area contributed by atoms with Crippen LogP contribution in [0, 0.1) is 0 Å². The van der Waals surface area contributed by atoms with Crippen molar-refractivity contribution in [3.8, 4) is 0 Å². The molecule has 2 rings (SSSR count). The third kappa shape index (κ3) is 1.19. The Morgan fingerprint density at radius 2 is 2.55 bits per heavy atom. The Balaban J connectivity index is 2.55. The first-order valence-corrected chi connectivity index (χ1v) is 5.01. The number of rotatable bonds is 0. The smallest absolute Gasteiger partial charge is 0.127 e. The number of anilines is 1. The van der Waals surface area contributed by atoms with Gasteiger partial charge in [0, 0.05) is 11.8 Å². The molecule has 0 saturated heterocycles. The van der Waals surface area contributed by atoms with Crippen molar-refractivity contribution in [2.75, 3.05) is 11.1 Å². The van der Waals surface area contributed by atoms with E-state index in [1.807, 2.05) is 11.4 Å². The number of hydrogen-bond acceptors (Lipinski definition) is 3. The summed E-state index contributed by atoms with van der Waals surface area (Å²) in [4.78, 5) is 5.27.